The van der Waals surface area contributed by atoms with Crippen molar-refractivity contribution in [1.29, 1.82) is 0 Å². The predicted molar refractivity (Wildman–Crippen MR) is 88.2 cm³/mol. The number of fused-ring (bicyclic) bond motifs is 1. The summed E-state index contributed by atoms with van der Waals surface area (Å²) in [6.45, 7) is 0.832. The quantitative estimate of drug-likeness (QED) is 0.698. The fourth-order valence-corrected chi connectivity index (χ4v) is 2.62. The van der Waals surface area contributed by atoms with Crippen LogP contribution >= 0.6 is 22.6 Å². The lowest BCUT2D eigenvalue weighted by Gasteiger charge is -2.09. The summed E-state index contributed by atoms with van der Waals surface area (Å²) in [7, 11) is 0. The fourth-order valence-electron chi connectivity index (χ4n) is 2.04. The van der Waals surface area contributed by atoms with Crippen LogP contribution in [0.5, 0.6) is 0 Å². The largest absolute Gasteiger partial charge is 0.380 e. The molecule has 0 aliphatic heterocycles. The number of halogens is 1. The van der Waals surface area contributed by atoms with Crippen LogP contribution in [0.25, 0.3) is 10.8 Å². The number of anilines is 1. The molecule has 0 spiro atoms. The van der Waals surface area contributed by atoms with Gasteiger partial charge in [0.25, 0.3) is 0 Å². The topological polar surface area (TPSA) is 24.9 Å². The first-order valence-electron chi connectivity index (χ1n) is 6.14. The molecule has 0 saturated heterocycles. The Hall–Kier alpha value is -1.62. The smallest absolute Gasteiger partial charge is 0.0478 e. The Kier molecular flexibility index (Phi) is 3.64. The van der Waals surface area contributed by atoms with Crippen molar-refractivity contribution in [3.63, 3.8) is 0 Å². The fraction of sp³-hybridized carbons (Fsp3) is 0.0625. The number of benzene rings is 2. The Morgan fingerprint density at radius 1 is 1.00 bits per heavy atom. The van der Waals surface area contributed by atoms with E-state index in [1.807, 2.05) is 18.5 Å². The molecule has 3 heteroatoms. The highest BCUT2D eigenvalue weighted by molar-refractivity contribution is 14.1. The molecule has 0 radical (unpaired) electrons. The van der Waals surface area contributed by atoms with E-state index in [-0.39, 0.29) is 0 Å². The Morgan fingerprint density at radius 3 is 2.79 bits per heavy atom. The van der Waals surface area contributed by atoms with Crippen LogP contribution in [0.1, 0.15) is 5.56 Å². The van der Waals surface area contributed by atoms with Gasteiger partial charge in [-0.05, 0) is 57.8 Å². The average Bonchev–Trinajstić information content (AvgIpc) is 2.46. The van der Waals surface area contributed by atoms with E-state index < -0.39 is 0 Å². The van der Waals surface area contributed by atoms with Crippen molar-refractivity contribution in [3.8, 4) is 0 Å². The maximum Gasteiger partial charge on any atom is 0.0478 e. The molecule has 0 bridgehead atoms. The van der Waals surface area contributed by atoms with Crippen LogP contribution in [0, 0.1) is 3.57 Å². The number of nitrogens with zero attached hydrogens (tertiary/aromatic N) is 1. The first-order chi connectivity index (χ1) is 9.33. The summed E-state index contributed by atoms with van der Waals surface area (Å²) in [6, 6.07) is 16.8. The van der Waals surface area contributed by atoms with Gasteiger partial charge in [0, 0.05) is 33.6 Å². The second-order valence-corrected chi connectivity index (χ2v) is 5.55. The molecule has 0 fully saturated rings. The summed E-state index contributed by atoms with van der Waals surface area (Å²) in [5.41, 5.74) is 2.45. The zero-order chi connectivity index (χ0) is 13.1. The standard InChI is InChI=1S/C16H13IN2/c17-15-3-1-2-4-16(15)19-10-12-5-6-14-11-18-8-7-13(14)9-12/h1-9,11,19H,10H2. The van der Waals surface area contributed by atoms with Gasteiger partial charge in [0.05, 0.1) is 0 Å². The summed E-state index contributed by atoms with van der Waals surface area (Å²) in [5, 5.41) is 5.89. The molecule has 0 unspecified atom stereocenters. The zero-order valence-corrected chi connectivity index (χ0v) is 12.5. The SMILES string of the molecule is Ic1ccccc1NCc1ccc2cnccc2c1. The molecule has 19 heavy (non-hydrogen) atoms. The van der Waals surface area contributed by atoms with Crippen molar-refractivity contribution < 1.29 is 0 Å². The summed E-state index contributed by atoms with van der Waals surface area (Å²) >= 11 is 2.35. The van der Waals surface area contributed by atoms with Crippen LogP contribution < -0.4 is 5.32 Å². The van der Waals surface area contributed by atoms with Crippen molar-refractivity contribution in [1.82, 2.24) is 4.98 Å². The molecule has 3 aromatic rings. The van der Waals surface area contributed by atoms with Crippen LogP contribution in [0.2, 0.25) is 0 Å². The molecule has 0 saturated carbocycles. The molecule has 0 aliphatic carbocycles. The van der Waals surface area contributed by atoms with E-state index >= 15 is 0 Å². The minimum atomic E-state index is 0.832. The van der Waals surface area contributed by atoms with Crippen molar-refractivity contribution in [3.05, 3.63) is 70.1 Å². The third-order valence-electron chi connectivity index (χ3n) is 3.06. The van der Waals surface area contributed by atoms with E-state index in [4.69, 9.17) is 0 Å². The Bertz CT molecular complexity index is 710. The minimum Gasteiger partial charge on any atom is -0.380 e. The van der Waals surface area contributed by atoms with Crippen molar-refractivity contribution in [2.24, 2.45) is 0 Å². The summed E-state index contributed by atoms with van der Waals surface area (Å²) in [5.74, 6) is 0. The highest BCUT2D eigenvalue weighted by Crippen LogP contribution is 2.19. The maximum absolute atomic E-state index is 4.13. The predicted octanol–water partition coefficient (Wildman–Crippen LogP) is 4.45. The lowest BCUT2D eigenvalue weighted by atomic mass is 10.1. The summed E-state index contributed by atoms with van der Waals surface area (Å²) in [6.07, 6.45) is 3.73. The minimum absolute atomic E-state index is 0.832. The van der Waals surface area contributed by atoms with Gasteiger partial charge in [0.15, 0.2) is 0 Å². The zero-order valence-electron chi connectivity index (χ0n) is 10.3. The molecule has 2 nitrogen and oxygen atoms in total. The number of pyridine rings is 1. The first-order valence-corrected chi connectivity index (χ1v) is 7.22. The van der Waals surface area contributed by atoms with Gasteiger partial charge in [-0.25, -0.2) is 0 Å². The molecular formula is C16H13IN2. The molecule has 1 heterocycles. The Labute approximate surface area is 126 Å². The third-order valence-corrected chi connectivity index (χ3v) is 4.00. The third kappa shape index (κ3) is 2.87. The van der Waals surface area contributed by atoms with E-state index in [0.29, 0.717) is 0 Å². The van der Waals surface area contributed by atoms with E-state index in [1.165, 1.54) is 25.6 Å². The lowest BCUT2D eigenvalue weighted by Crippen LogP contribution is -2.00. The summed E-state index contributed by atoms with van der Waals surface area (Å²) in [4.78, 5) is 4.13. The molecule has 1 N–H and O–H groups in total. The van der Waals surface area contributed by atoms with E-state index in [2.05, 4.69) is 75.4 Å². The molecule has 1 aromatic heterocycles. The van der Waals surface area contributed by atoms with E-state index in [1.54, 1.807) is 0 Å². The molecule has 3 rings (SSSR count). The molecule has 0 atom stereocenters. The van der Waals surface area contributed by atoms with Gasteiger partial charge in [-0.2, -0.15) is 0 Å². The molecule has 0 aliphatic rings. The number of hydrogen-bond donors (Lipinski definition) is 1. The molecule has 2 aromatic carbocycles. The highest BCUT2D eigenvalue weighted by atomic mass is 127. The second-order valence-electron chi connectivity index (χ2n) is 4.39. The number of aromatic nitrogens is 1. The van der Waals surface area contributed by atoms with E-state index in [0.717, 1.165) is 6.54 Å². The number of nitrogens with one attached hydrogen (secondary N) is 1. The normalized spacial score (nSPS) is 10.6. The summed E-state index contributed by atoms with van der Waals surface area (Å²) < 4.78 is 1.24. The highest BCUT2D eigenvalue weighted by Gasteiger charge is 1.99. The monoisotopic (exact) mass is 360 g/mol. The number of para-hydroxylation sites is 1. The van der Waals surface area contributed by atoms with Gasteiger partial charge in [0.2, 0.25) is 0 Å². The Morgan fingerprint density at radius 2 is 1.89 bits per heavy atom. The maximum atomic E-state index is 4.13. The van der Waals surface area contributed by atoms with E-state index in [9.17, 15) is 0 Å². The number of rotatable bonds is 3. The van der Waals surface area contributed by atoms with Gasteiger partial charge >= 0.3 is 0 Å². The molecule has 94 valence electrons. The van der Waals surface area contributed by atoms with Crippen LogP contribution in [0.15, 0.2) is 60.9 Å². The number of hydrogen-bond acceptors (Lipinski definition) is 2. The van der Waals surface area contributed by atoms with Crippen LogP contribution in [0.3, 0.4) is 0 Å². The van der Waals surface area contributed by atoms with Crippen molar-refractivity contribution >= 4 is 39.1 Å². The Balaban J connectivity index is 1.80. The van der Waals surface area contributed by atoms with Gasteiger partial charge in [-0.15, -0.1) is 0 Å². The van der Waals surface area contributed by atoms with Gasteiger partial charge in [-0.1, -0.05) is 24.3 Å². The first kappa shape index (κ1) is 12.4. The van der Waals surface area contributed by atoms with Crippen LogP contribution in [-0.4, -0.2) is 4.98 Å². The van der Waals surface area contributed by atoms with Gasteiger partial charge in [0.1, 0.15) is 0 Å². The lowest BCUT2D eigenvalue weighted by molar-refractivity contribution is 1.15. The van der Waals surface area contributed by atoms with Crippen molar-refractivity contribution in [2.75, 3.05) is 5.32 Å². The molecular weight excluding hydrogens is 347 g/mol. The van der Waals surface area contributed by atoms with Gasteiger partial charge in [-0.3, -0.25) is 4.98 Å². The second kappa shape index (κ2) is 5.57. The van der Waals surface area contributed by atoms with Gasteiger partial charge < -0.3 is 5.32 Å². The molecule has 0 amide bonds. The van der Waals surface area contributed by atoms with Crippen LogP contribution in [0.4, 0.5) is 5.69 Å². The van der Waals surface area contributed by atoms with Crippen LogP contribution in [-0.2, 0) is 6.54 Å². The van der Waals surface area contributed by atoms with Crippen molar-refractivity contribution in [2.45, 2.75) is 6.54 Å². The average molecular weight is 360 g/mol.